The molecule has 312 valence electrons. The fraction of sp³-hybridized carbons (Fsp3) is 0.732. The number of esters is 1. The molecule has 0 amide bonds. The van der Waals surface area contributed by atoms with Gasteiger partial charge in [0.15, 0.2) is 18.0 Å². The smallest absolute Gasteiger partial charge is 0.458 e. The minimum atomic E-state index is -1.38. The molecule has 15 nitrogen and oxygen atoms in total. The number of likely N-dealkylation sites (N-methyl/N-ethyl adjacent to an activating group) is 1. The Kier molecular flexibility index (Phi) is 15.8. The minimum Gasteiger partial charge on any atom is -0.458 e. The van der Waals surface area contributed by atoms with E-state index < -0.39 is 77.9 Å². The van der Waals surface area contributed by atoms with Crippen molar-refractivity contribution in [2.24, 2.45) is 28.8 Å². The van der Waals surface area contributed by atoms with Gasteiger partial charge in [0.1, 0.15) is 31.7 Å². The van der Waals surface area contributed by atoms with E-state index in [9.17, 15) is 14.7 Å². The number of fused-ring (bicyclic) bond motifs is 1. The van der Waals surface area contributed by atoms with Gasteiger partial charge in [0.25, 0.3) is 0 Å². The van der Waals surface area contributed by atoms with Gasteiger partial charge in [-0.2, -0.15) is 0 Å². The first-order valence-corrected chi connectivity index (χ1v) is 19.5. The zero-order valence-corrected chi connectivity index (χ0v) is 34.8. The van der Waals surface area contributed by atoms with Crippen molar-refractivity contribution in [1.82, 2.24) is 14.9 Å². The average Bonchev–Trinajstić information content (AvgIpc) is 3.48. The number of hydrogen-bond donors (Lipinski definition) is 1. The third-order valence-corrected chi connectivity index (χ3v) is 11.5. The standard InChI is InChI=1S/C41H62N4O11/c1-13-17-51-44-32-24(3)20-40(8,49-12)35(54-38-33(46)30(45(10)11)19-25(4)52-38)27(6)34(50-18-15-16-29-21-42-23-43-22-29)28(7)37(47)53-31(14-2)41(9)36(26(32)5)55-39(48)56-41/h13,21-28,30-31,33-36,38,46H,1,14,17-20H2,2-12H3/b44-32+/t24-,25-,26+,27+,28-,30+,31-,33-,34+,35-,36-,38+,40-,41-/m1/s1. The lowest BCUT2D eigenvalue weighted by atomic mass is 9.73. The van der Waals surface area contributed by atoms with E-state index in [1.165, 1.54) is 6.33 Å². The Bertz CT molecular complexity index is 1570. The molecule has 0 saturated carbocycles. The number of aliphatic hydroxyl groups is 1. The third-order valence-electron chi connectivity index (χ3n) is 11.5. The highest BCUT2D eigenvalue weighted by atomic mass is 16.8. The molecule has 0 aliphatic carbocycles. The number of oxime groups is 1. The molecule has 3 aliphatic rings. The van der Waals surface area contributed by atoms with Gasteiger partial charge in [-0.15, -0.1) is 0 Å². The Morgan fingerprint density at radius 2 is 1.80 bits per heavy atom. The second-order valence-corrected chi connectivity index (χ2v) is 15.9. The van der Waals surface area contributed by atoms with Crippen LogP contribution in [0.3, 0.4) is 0 Å². The zero-order valence-electron chi connectivity index (χ0n) is 34.8. The number of aliphatic hydroxyl groups excluding tert-OH is 1. The molecule has 3 fully saturated rings. The van der Waals surface area contributed by atoms with Crippen LogP contribution in [0.25, 0.3) is 0 Å². The number of ether oxygens (including phenoxy) is 7. The molecule has 15 heteroatoms. The maximum atomic E-state index is 14.4. The van der Waals surface area contributed by atoms with Crippen molar-refractivity contribution >= 4 is 17.8 Å². The third kappa shape index (κ3) is 10.3. The van der Waals surface area contributed by atoms with Crippen LogP contribution in [0.4, 0.5) is 4.79 Å². The predicted octanol–water partition coefficient (Wildman–Crippen LogP) is 4.55. The lowest BCUT2D eigenvalue weighted by Gasteiger charge is -2.48. The van der Waals surface area contributed by atoms with E-state index in [0.717, 1.165) is 0 Å². The van der Waals surface area contributed by atoms with Gasteiger partial charge in [0.05, 0.1) is 41.1 Å². The molecule has 1 N–H and O–H groups in total. The van der Waals surface area contributed by atoms with Crippen LogP contribution in [0.15, 0.2) is 36.5 Å². The Labute approximate surface area is 331 Å². The van der Waals surface area contributed by atoms with Crippen LogP contribution in [0.2, 0.25) is 0 Å². The van der Waals surface area contributed by atoms with Crippen LogP contribution in [-0.2, 0) is 42.8 Å². The number of hydrogen-bond acceptors (Lipinski definition) is 15. The van der Waals surface area contributed by atoms with Crippen LogP contribution in [-0.4, -0.2) is 132 Å². The van der Waals surface area contributed by atoms with E-state index in [4.69, 9.17) is 38.0 Å². The van der Waals surface area contributed by atoms with Crippen LogP contribution in [0.5, 0.6) is 0 Å². The maximum Gasteiger partial charge on any atom is 0.509 e. The molecular weight excluding hydrogens is 724 g/mol. The maximum absolute atomic E-state index is 14.4. The molecule has 14 atom stereocenters. The summed E-state index contributed by atoms with van der Waals surface area (Å²) in [5.41, 5.74) is -1.34. The van der Waals surface area contributed by atoms with E-state index in [0.29, 0.717) is 30.5 Å². The van der Waals surface area contributed by atoms with Crippen LogP contribution in [0.1, 0.15) is 80.2 Å². The van der Waals surface area contributed by atoms with E-state index in [2.05, 4.69) is 33.5 Å². The predicted molar refractivity (Wildman–Crippen MR) is 206 cm³/mol. The van der Waals surface area contributed by atoms with Crippen molar-refractivity contribution in [3.63, 3.8) is 0 Å². The fourth-order valence-corrected chi connectivity index (χ4v) is 8.47. The first-order valence-electron chi connectivity index (χ1n) is 19.5. The molecule has 0 aromatic carbocycles. The Morgan fingerprint density at radius 3 is 2.43 bits per heavy atom. The fourth-order valence-electron chi connectivity index (χ4n) is 8.47. The molecule has 3 aliphatic heterocycles. The molecule has 4 heterocycles. The summed E-state index contributed by atoms with van der Waals surface area (Å²) in [6, 6.07) is -0.248. The minimum absolute atomic E-state index is 0.0615. The first-order chi connectivity index (χ1) is 26.5. The number of carbonyl (C=O) groups is 2. The molecule has 3 saturated heterocycles. The summed E-state index contributed by atoms with van der Waals surface area (Å²) in [4.78, 5) is 43.0. The molecule has 1 aromatic heterocycles. The highest BCUT2D eigenvalue weighted by Gasteiger charge is 2.59. The summed E-state index contributed by atoms with van der Waals surface area (Å²) in [6.45, 7) is 18.7. The Balaban J connectivity index is 1.88. The summed E-state index contributed by atoms with van der Waals surface area (Å²) >= 11 is 0. The SMILES string of the molecule is C=CCO/N=C1\[C@H](C)C[C@@](C)(OC)[C@H](O[C@@H]2O[C@H](C)C[C@H](N(C)C)[C@H]2O)[C@@H](C)[C@H](OCC#Cc2cncnc2)[C@@H](C)C(=O)O[C@H](CC)[C@@]2(C)OC(=O)O[C@@H]2[C@H]1C. The average molecular weight is 787 g/mol. The Morgan fingerprint density at radius 1 is 1.11 bits per heavy atom. The second kappa shape index (κ2) is 19.7. The zero-order chi connectivity index (χ0) is 41.4. The van der Waals surface area contributed by atoms with E-state index >= 15 is 0 Å². The van der Waals surface area contributed by atoms with Gasteiger partial charge < -0.3 is 48.0 Å². The molecular formula is C41H62N4O11. The Hall–Kier alpha value is -3.65. The summed E-state index contributed by atoms with van der Waals surface area (Å²) < 4.78 is 44.2. The van der Waals surface area contributed by atoms with E-state index in [1.54, 1.807) is 39.4 Å². The molecule has 4 rings (SSSR count). The highest BCUT2D eigenvalue weighted by molar-refractivity contribution is 5.89. The number of carbonyl (C=O) groups excluding carboxylic acids is 2. The van der Waals surface area contributed by atoms with Crippen molar-refractivity contribution in [3.8, 4) is 11.8 Å². The van der Waals surface area contributed by atoms with Crippen molar-refractivity contribution in [2.45, 2.75) is 135 Å². The lowest BCUT2D eigenvalue weighted by molar-refractivity contribution is -0.302. The lowest BCUT2D eigenvalue weighted by Crippen LogP contribution is -2.60. The van der Waals surface area contributed by atoms with E-state index in [1.807, 2.05) is 60.5 Å². The van der Waals surface area contributed by atoms with Crippen LogP contribution < -0.4 is 0 Å². The van der Waals surface area contributed by atoms with Gasteiger partial charge in [0.2, 0.25) is 0 Å². The van der Waals surface area contributed by atoms with Gasteiger partial charge in [-0.05, 0) is 61.1 Å². The van der Waals surface area contributed by atoms with Gasteiger partial charge in [-0.3, -0.25) is 4.79 Å². The number of rotatable bonds is 10. The summed E-state index contributed by atoms with van der Waals surface area (Å²) in [5.74, 6) is 3.01. The molecule has 56 heavy (non-hydrogen) atoms. The monoisotopic (exact) mass is 786 g/mol. The van der Waals surface area contributed by atoms with Crippen molar-refractivity contribution in [3.05, 3.63) is 36.9 Å². The quantitative estimate of drug-likeness (QED) is 0.115. The van der Waals surface area contributed by atoms with Crippen molar-refractivity contribution < 1.29 is 52.7 Å². The molecule has 0 spiro atoms. The molecule has 0 radical (unpaired) electrons. The van der Waals surface area contributed by atoms with Crippen LogP contribution >= 0.6 is 0 Å². The summed E-state index contributed by atoms with van der Waals surface area (Å²) in [5, 5.41) is 16.2. The first kappa shape index (κ1) is 45.1. The van der Waals surface area contributed by atoms with Crippen molar-refractivity contribution in [1.29, 1.82) is 0 Å². The number of cyclic esters (lactones) is 1. The number of aromatic nitrogens is 2. The summed E-state index contributed by atoms with van der Waals surface area (Å²) in [6.07, 6.45) is 0.723. The second-order valence-electron chi connectivity index (χ2n) is 15.9. The van der Waals surface area contributed by atoms with Gasteiger partial charge in [-0.25, -0.2) is 14.8 Å². The summed E-state index contributed by atoms with van der Waals surface area (Å²) in [7, 11) is 5.41. The number of nitrogens with zero attached hydrogens (tertiary/aromatic N) is 4. The van der Waals surface area contributed by atoms with Gasteiger partial charge in [0, 0.05) is 43.3 Å². The topological polar surface area (TPSA) is 170 Å². The van der Waals surface area contributed by atoms with E-state index in [-0.39, 0.29) is 31.3 Å². The largest absolute Gasteiger partial charge is 0.509 e. The highest BCUT2D eigenvalue weighted by Crippen LogP contribution is 2.43. The molecule has 0 bridgehead atoms. The normalized spacial score (nSPS) is 39.0. The number of methoxy groups -OCH3 is 1. The van der Waals surface area contributed by atoms with Gasteiger partial charge >= 0.3 is 12.1 Å². The van der Waals surface area contributed by atoms with Crippen LogP contribution in [0, 0.1) is 35.5 Å². The van der Waals surface area contributed by atoms with Gasteiger partial charge in [-0.1, -0.05) is 57.3 Å². The molecule has 1 aromatic rings. The molecule has 0 unspecified atom stereocenters. The van der Waals surface area contributed by atoms with Crippen molar-refractivity contribution in [2.75, 3.05) is 34.4 Å².